The molecule has 0 unspecified atom stereocenters. The van der Waals surface area contributed by atoms with Gasteiger partial charge in [0.25, 0.3) is 0 Å². The molecule has 1 amide bonds. The number of nitrogens with zero attached hydrogens (tertiary/aromatic N) is 2. The lowest BCUT2D eigenvalue weighted by Gasteiger charge is -2.05. The number of hydrogen-bond acceptors (Lipinski definition) is 2. The quantitative estimate of drug-likeness (QED) is 0.794. The topological polar surface area (TPSA) is 46.9 Å². The zero-order chi connectivity index (χ0) is 12.8. The first-order valence-electron chi connectivity index (χ1n) is 6.48. The third kappa shape index (κ3) is 3.09. The Morgan fingerprint density at radius 2 is 2.22 bits per heavy atom. The van der Waals surface area contributed by atoms with Gasteiger partial charge in [0.15, 0.2) is 0 Å². The lowest BCUT2D eigenvalue weighted by atomic mass is 10.3. The number of benzene rings is 1. The zero-order valence-corrected chi connectivity index (χ0v) is 10.7. The Bertz CT molecular complexity index is 518. The van der Waals surface area contributed by atoms with E-state index in [4.69, 9.17) is 0 Å². The number of aromatic nitrogens is 2. The van der Waals surface area contributed by atoms with Crippen molar-refractivity contribution in [1.82, 2.24) is 14.9 Å². The molecule has 0 saturated carbocycles. The summed E-state index contributed by atoms with van der Waals surface area (Å²) in [7, 11) is 0. The van der Waals surface area contributed by atoms with Crippen LogP contribution >= 0.6 is 0 Å². The minimum Gasteiger partial charge on any atom is -0.356 e. The number of unbranched alkanes of at least 4 members (excludes halogenated alkanes) is 1. The van der Waals surface area contributed by atoms with E-state index in [1.54, 1.807) is 6.33 Å². The van der Waals surface area contributed by atoms with Gasteiger partial charge in [0.05, 0.1) is 17.4 Å². The molecule has 0 saturated heterocycles. The Hall–Kier alpha value is -1.84. The zero-order valence-electron chi connectivity index (χ0n) is 10.7. The number of para-hydroxylation sites is 2. The highest BCUT2D eigenvalue weighted by Crippen LogP contribution is 2.11. The largest absolute Gasteiger partial charge is 0.356 e. The molecule has 0 spiro atoms. The normalized spacial score (nSPS) is 10.7. The summed E-state index contributed by atoms with van der Waals surface area (Å²) in [6.45, 7) is 3.57. The van der Waals surface area contributed by atoms with Gasteiger partial charge in [-0.3, -0.25) is 4.79 Å². The molecule has 0 aliphatic carbocycles. The summed E-state index contributed by atoms with van der Waals surface area (Å²) >= 11 is 0. The fraction of sp³-hybridized carbons (Fsp3) is 0.429. The van der Waals surface area contributed by atoms with Crippen LogP contribution in [0.3, 0.4) is 0 Å². The number of rotatable bonds is 6. The summed E-state index contributed by atoms with van der Waals surface area (Å²) < 4.78 is 2.02. The van der Waals surface area contributed by atoms with E-state index in [1.807, 2.05) is 28.8 Å². The van der Waals surface area contributed by atoms with E-state index in [1.165, 1.54) is 0 Å². The van der Waals surface area contributed by atoms with E-state index in [-0.39, 0.29) is 5.91 Å². The van der Waals surface area contributed by atoms with Crippen LogP contribution < -0.4 is 5.32 Å². The van der Waals surface area contributed by atoms with Gasteiger partial charge in [-0.05, 0) is 18.6 Å². The number of nitrogens with one attached hydrogen (secondary N) is 1. The fourth-order valence-electron chi connectivity index (χ4n) is 1.90. The number of carbonyl (C=O) groups excluding carboxylic acids is 1. The summed E-state index contributed by atoms with van der Waals surface area (Å²) in [6.07, 6.45) is 4.44. The number of carbonyl (C=O) groups is 1. The van der Waals surface area contributed by atoms with Crippen LogP contribution in [0.15, 0.2) is 30.6 Å². The average molecular weight is 245 g/mol. The van der Waals surface area contributed by atoms with Crippen molar-refractivity contribution in [2.45, 2.75) is 32.7 Å². The van der Waals surface area contributed by atoms with E-state index >= 15 is 0 Å². The molecule has 0 atom stereocenters. The van der Waals surface area contributed by atoms with E-state index in [0.717, 1.165) is 30.4 Å². The van der Waals surface area contributed by atoms with Gasteiger partial charge in [-0.1, -0.05) is 25.5 Å². The second kappa shape index (κ2) is 6.19. The minimum absolute atomic E-state index is 0.112. The molecule has 0 bridgehead atoms. The van der Waals surface area contributed by atoms with Crippen LogP contribution in [0.5, 0.6) is 0 Å². The van der Waals surface area contributed by atoms with Crippen molar-refractivity contribution in [3.8, 4) is 0 Å². The number of amides is 1. The summed E-state index contributed by atoms with van der Waals surface area (Å²) in [6, 6.07) is 7.96. The average Bonchev–Trinajstić information content (AvgIpc) is 2.80. The molecule has 0 aliphatic heterocycles. The van der Waals surface area contributed by atoms with Gasteiger partial charge in [-0.15, -0.1) is 0 Å². The molecule has 4 nitrogen and oxygen atoms in total. The third-order valence-electron chi connectivity index (χ3n) is 2.96. The standard InChI is InChI=1S/C14H19N3O/c1-2-3-9-15-14(18)8-10-17-11-16-12-6-4-5-7-13(12)17/h4-7,11H,2-3,8-10H2,1H3,(H,15,18). The first-order valence-corrected chi connectivity index (χ1v) is 6.48. The summed E-state index contributed by atoms with van der Waals surface area (Å²) in [4.78, 5) is 15.9. The number of imidazole rings is 1. The van der Waals surface area contributed by atoms with Gasteiger partial charge in [-0.25, -0.2) is 4.98 Å². The van der Waals surface area contributed by atoms with Gasteiger partial charge >= 0.3 is 0 Å². The number of aryl methyl sites for hydroxylation is 1. The van der Waals surface area contributed by atoms with Crippen molar-refractivity contribution in [1.29, 1.82) is 0 Å². The number of fused-ring (bicyclic) bond motifs is 1. The summed E-state index contributed by atoms with van der Waals surface area (Å²) in [5.41, 5.74) is 2.06. The van der Waals surface area contributed by atoms with E-state index in [0.29, 0.717) is 13.0 Å². The molecule has 18 heavy (non-hydrogen) atoms. The molecule has 4 heteroatoms. The molecular formula is C14H19N3O. The van der Waals surface area contributed by atoms with Crippen molar-refractivity contribution in [2.75, 3.05) is 6.54 Å². The van der Waals surface area contributed by atoms with Crippen LogP contribution in [0.4, 0.5) is 0 Å². The molecule has 1 N–H and O–H groups in total. The summed E-state index contributed by atoms with van der Waals surface area (Å²) in [5.74, 6) is 0.112. The monoisotopic (exact) mass is 245 g/mol. The van der Waals surface area contributed by atoms with Gasteiger partial charge in [-0.2, -0.15) is 0 Å². The molecular weight excluding hydrogens is 226 g/mol. The molecule has 96 valence electrons. The molecule has 0 fully saturated rings. The molecule has 1 aromatic heterocycles. The second-order valence-corrected chi connectivity index (χ2v) is 4.38. The SMILES string of the molecule is CCCCNC(=O)CCn1cnc2ccccc21. The minimum atomic E-state index is 0.112. The molecule has 1 heterocycles. The second-order valence-electron chi connectivity index (χ2n) is 4.38. The van der Waals surface area contributed by atoms with Gasteiger partial charge < -0.3 is 9.88 Å². The predicted molar refractivity (Wildman–Crippen MR) is 72.3 cm³/mol. The highest BCUT2D eigenvalue weighted by atomic mass is 16.1. The first-order chi connectivity index (χ1) is 8.81. The predicted octanol–water partition coefficient (Wildman–Crippen LogP) is 2.34. The Morgan fingerprint density at radius 1 is 1.39 bits per heavy atom. The number of hydrogen-bond donors (Lipinski definition) is 1. The van der Waals surface area contributed by atoms with Gasteiger partial charge in [0.2, 0.25) is 5.91 Å². The van der Waals surface area contributed by atoms with Crippen molar-refractivity contribution in [3.05, 3.63) is 30.6 Å². The Morgan fingerprint density at radius 3 is 3.06 bits per heavy atom. The Kier molecular flexibility index (Phi) is 4.34. The van der Waals surface area contributed by atoms with Crippen LogP contribution in [0.2, 0.25) is 0 Å². The smallest absolute Gasteiger partial charge is 0.221 e. The van der Waals surface area contributed by atoms with Crippen molar-refractivity contribution >= 4 is 16.9 Å². The van der Waals surface area contributed by atoms with Crippen LogP contribution in [-0.4, -0.2) is 22.0 Å². The highest BCUT2D eigenvalue weighted by Gasteiger charge is 2.04. The molecule has 2 rings (SSSR count). The van der Waals surface area contributed by atoms with Gasteiger partial charge in [0.1, 0.15) is 0 Å². The van der Waals surface area contributed by atoms with Crippen LogP contribution in [0.1, 0.15) is 26.2 Å². The highest BCUT2D eigenvalue weighted by molar-refractivity contribution is 5.77. The third-order valence-corrected chi connectivity index (χ3v) is 2.96. The lowest BCUT2D eigenvalue weighted by molar-refractivity contribution is -0.121. The molecule has 0 aliphatic rings. The van der Waals surface area contributed by atoms with E-state index in [2.05, 4.69) is 17.2 Å². The van der Waals surface area contributed by atoms with E-state index < -0.39 is 0 Å². The Labute approximate surface area is 107 Å². The van der Waals surface area contributed by atoms with E-state index in [9.17, 15) is 4.79 Å². The van der Waals surface area contributed by atoms with Crippen molar-refractivity contribution < 1.29 is 4.79 Å². The first kappa shape index (κ1) is 12.6. The maximum Gasteiger partial charge on any atom is 0.221 e. The molecule has 2 aromatic rings. The van der Waals surface area contributed by atoms with Crippen molar-refractivity contribution in [2.24, 2.45) is 0 Å². The maximum atomic E-state index is 11.6. The van der Waals surface area contributed by atoms with Crippen LogP contribution in [-0.2, 0) is 11.3 Å². The van der Waals surface area contributed by atoms with Gasteiger partial charge in [0, 0.05) is 19.5 Å². The Balaban J connectivity index is 1.88. The molecule has 0 radical (unpaired) electrons. The molecule has 1 aromatic carbocycles. The van der Waals surface area contributed by atoms with Crippen LogP contribution in [0, 0.1) is 0 Å². The summed E-state index contributed by atoms with van der Waals surface area (Å²) in [5, 5.41) is 2.92. The lowest BCUT2D eigenvalue weighted by Crippen LogP contribution is -2.25. The van der Waals surface area contributed by atoms with Crippen molar-refractivity contribution in [3.63, 3.8) is 0 Å². The van der Waals surface area contributed by atoms with Crippen LogP contribution in [0.25, 0.3) is 11.0 Å². The fourth-order valence-corrected chi connectivity index (χ4v) is 1.90. The maximum absolute atomic E-state index is 11.6.